The van der Waals surface area contributed by atoms with Crippen molar-refractivity contribution in [2.24, 2.45) is 23.2 Å². The lowest BCUT2D eigenvalue weighted by molar-refractivity contribution is -0.111. The highest BCUT2D eigenvalue weighted by Gasteiger charge is 2.53. The second-order valence-electron chi connectivity index (χ2n) is 10.0. The molecular formula is C26H43NO3. The zero-order valence-corrected chi connectivity index (χ0v) is 19.9. The molecule has 3 aliphatic rings. The van der Waals surface area contributed by atoms with Gasteiger partial charge in [0.15, 0.2) is 11.5 Å². The Kier molecular flexibility index (Phi) is 8.47. The minimum Gasteiger partial charge on any atom is -0.493 e. The Balaban J connectivity index is 1.22. The van der Waals surface area contributed by atoms with Crippen molar-refractivity contribution in [2.45, 2.75) is 58.8 Å². The van der Waals surface area contributed by atoms with Crippen molar-refractivity contribution in [3.63, 3.8) is 0 Å². The first kappa shape index (κ1) is 23.4. The molecule has 30 heavy (non-hydrogen) atoms. The lowest BCUT2D eigenvalue weighted by atomic mass is 9.45. The summed E-state index contributed by atoms with van der Waals surface area (Å²) in [6.45, 7) is 9.01. The summed E-state index contributed by atoms with van der Waals surface area (Å²) in [6, 6.07) is 6.20. The fourth-order valence-corrected chi connectivity index (χ4v) is 5.70. The summed E-state index contributed by atoms with van der Waals surface area (Å²) in [6.07, 6.45) is 9.01. The summed E-state index contributed by atoms with van der Waals surface area (Å²) in [5.41, 5.74) is 1.89. The van der Waals surface area contributed by atoms with Gasteiger partial charge in [0, 0.05) is 19.8 Å². The SMILES string of the molecule is COc1ccc(CCN(C)CCCCOCC[C@@H]2CC[C@H]3C[C@H]2C3(C)C)cc1OC. The average Bonchev–Trinajstić information content (AvgIpc) is 2.76. The van der Waals surface area contributed by atoms with Gasteiger partial charge in [-0.3, -0.25) is 0 Å². The Morgan fingerprint density at radius 1 is 1.00 bits per heavy atom. The van der Waals surface area contributed by atoms with Crippen molar-refractivity contribution in [1.82, 2.24) is 4.90 Å². The van der Waals surface area contributed by atoms with E-state index in [1.165, 1.54) is 37.7 Å². The molecule has 0 spiro atoms. The molecule has 1 aromatic carbocycles. The molecule has 0 N–H and O–H groups in total. The van der Waals surface area contributed by atoms with E-state index in [9.17, 15) is 0 Å². The molecule has 0 aromatic heterocycles. The van der Waals surface area contributed by atoms with Crippen LogP contribution in [-0.4, -0.2) is 52.5 Å². The highest BCUT2D eigenvalue weighted by molar-refractivity contribution is 5.42. The Bertz CT molecular complexity index is 658. The highest BCUT2D eigenvalue weighted by Crippen LogP contribution is 2.61. The van der Waals surface area contributed by atoms with Gasteiger partial charge >= 0.3 is 0 Å². The van der Waals surface area contributed by atoms with Gasteiger partial charge in [-0.05, 0) is 99.4 Å². The largest absolute Gasteiger partial charge is 0.493 e. The van der Waals surface area contributed by atoms with Crippen molar-refractivity contribution < 1.29 is 14.2 Å². The highest BCUT2D eigenvalue weighted by atomic mass is 16.5. The molecule has 0 aliphatic heterocycles. The zero-order valence-electron chi connectivity index (χ0n) is 19.9. The zero-order chi connectivity index (χ0) is 21.6. The quantitative estimate of drug-likeness (QED) is 0.400. The van der Waals surface area contributed by atoms with Crippen molar-refractivity contribution >= 4 is 0 Å². The van der Waals surface area contributed by atoms with Crippen LogP contribution in [0.4, 0.5) is 0 Å². The van der Waals surface area contributed by atoms with Crippen LogP contribution in [0.2, 0.25) is 0 Å². The van der Waals surface area contributed by atoms with E-state index in [-0.39, 0.29) is 0 Å². The number of hydrogen-bond donors (Lipinski definition) is 0. The predicted octanol–water partition coefficient (Wildman–Crippen LogP) is 5.44. The van der Waals surface area contributed by atoms with Gasteiger partial charge in [-0.1, -0.05) is 19.9 Å². The van der Waals surface area contributed by atoms with Crippen LogP contribution in [0, 0.1) is 23.2 Å². The molecule has 0 amide bonds. The van der Waals surface area contributed by atoms with Crippen LogP contribution >= 0.6 is 0 Å². The van der Waals surface area contributed by atoms with Crippen LogP contribution in [0.1, 0.15) is 57.9 Å². The summed E-state index contributed by atoms with van der Waals surface area (Å²) < 4.78 is 16.7. The van der Waals surface area contributed by atoms with Crippen LogP contribution in [0.3, 0.4) is 0 Å². The van der Waals surface area contributed by atoms with Crippen molar-refractivity contribution in [3.8, 4) is 11.5 Å². The Morgan fingerprint density at radius 3 is 2.50 bits per heavy atom. The molecule has 0 saturated heterocycles. The predicted molar refractivity (Wildman–Crippen MR) is 124 cm³/mol. The second-order valence-corrected chi connectivity index (χ2v) is 10.0. The normalized spacial score (nSPS) is 24.5. The van der Waals surface area contributed by atoms with Gasteiger partial charge in [-0.2, -0.15) is 0 Å². The van der Waals surface area contributed by atoms with Crippen LogP contribution in [0.5, 0.6) is 11.5 Å². The maximum Gasteiger partial charge on any atom is 0.160 e. The molecule has 4 rings (SSSR count). The third-order valence-corrected chi connectivity index (χ3v) is 7.94. The van der Waals surface area contributed by atoms with Crippen LogP contribution in [0.25, 0.3) is 0 Å². The fraction of sp³-hybridized carbons (Fsp3) is 0.769. The van der Waals surface area contributed by atoms with E-state index < -0.39 is 0 Å². The number of methoxy groups -OCH3 is 2. The number of unbranched alkanes of at least 4 members (excludes halogenated alkanes) is 1. The number of nitrogens with zero attached hydrogens (tertiary/aromatic N) is 1. The molecule has 170 valence electrons. The number of benzene rings is 1. The summed E-state index contributed by atoms with van der Waals surface area (Å²) in [5.74, 6) is 4.47. The first-order valence-corrected chi connectivity index (χ1v) is 11.9. The Labute approximate surface area is 184 Å². The fourth-order valence-electron chi connectivity index (χ4n) is 5.70. The number of rotatable bonds is 13. The summed E-state index contributed by atoms with van der Waals surface area (Å²) in [7, 11) is 5.57. The van der Waals surface area contributed by atoms with Gasteiger partial charge in [-0.15, -0.1) is 0 Å². The van der Waals surface area contributed by atoms with Gasteiger partial charge in [0.2, 0.25) is 0 Å². The Morgan fingerprint density at radius 2 is 1.80 bits per heavy atom. The minimum absolute atomic E-state index is 0.602. The van der Waals surface area contributed by atoms with E-state index in [0.717, 1.165) is 68.4 Å². The van der Waals surface area contributed by atoms with E-state index in [1.54, 1.807) is 14.2 Å². The maximum absolute atomic E-state index is 5.98. The molecule has 3 aliphatic carbocycles. The first-order valence-electron chi connectivity index (χ1n) is 11.9. The molecule has 4 heteroatoms. The summed E-state index contributed by atoms with van der Waals surface area (Å²) >= 11 is 0. The smallest absolute Gasteiger partial charge is 0.160 e. The van der Waals surface area contributed by atoms with Crippen LogP contribution < -0.4 is 9.47 Å². The summed E-state index contributed by atoms with van der Waals surface area (Å²) in [4.78, 5) is 2.41. The van der Waals surface area contributed by atoms with Crippen LogP contribution in [0.15, 0.2) is 18.2 Å². The van der Waals surface area contributed by atoms with Gasteiger partial charge in [0.05, 0.1) is 14.2 Å². The lowest BCUT2D eigenvalue weighted by Crippen LogP contribution is -2.52. The number of ether oxygens (including phenoxy) is 3. The summed E-state index contributed by atoms with van der Waals surface area (Å²) in [5, 5.41) is 0. The van der Waals surface area contributed by atoms with E-state index in [2.05, 4.69) is 37.9 Å². The number of fused-ring (bicyclic) bond motifs is 2. The van der Waals surface area contributed by atoms with Crippen LogP contribution in [-0.2, 0) is 11.2 Å². The van der Waals surface area contributed by atoms with Gasteiger partial charge in [0.1, 0.15) is 0 Å². The molecule has 3 atom stereocenters. The third kappa shape index (κ3) is 5.70. The van der Waals surface area contributed by atoms with Crippen molar-refractivity contribution in [1.29, 1.82) is 0 Å². The molecule has 0 radical (unpaired) electrons. The molecule has 0 heterocycles. The monoisotopic (exact) mass is 417 g/mol. The molecular weight excluding hydrogens is 374 g/mol. The molecule has 3 fully saturated rings. The van der Waals surface area contributed by atoms with Crippen molar-refractivity contribution in [2.75, 3.05) is 47.6 Å². The first-order chi connectivity index (χ1) is 14.5. The van der Waals surface area contributed by atoms with E-state index in [0.29, 0.717) is 5.41 Å². The minimum atomic E-state index is 0.602. The third-order valence-electron chi connectivity index (χ3n) is 7.94. The second kappa shape index (κ2) is 10.9. The molecule has 4 nitrogen and oxygen atoms in total. The van der Waals surface area contributed by atoms with E-state index in [1.807, 2.05) is 6.07 Å². The van der Waals surface area contributed by atoms with Crippen molar-refractivity contribution in [3.05, 3.63) is 23.8 Å². The molecule has 0 unspecified atom stereocenters. The molecule has 2 bridgehead atoms. The van der Waals surface area contributed by atoms with E-state index in [4.69, 9.17) is 14.2 Å². The van der Waals surface area contributed by atoms with E-state index >= 15 is 0 Å². The number of likely N-dealkylation sites (N-methyl/N-ethyl adjacent to an activating group) is 1. The standard InChI is InChI=1S/C26H43NO3/c1-26(2)22-10-9-21(23(26)19-22)13-17-30-16-7-6-14-27(3)15-12-20-8-11-24(28-4)25(18-20)29-5/h8,11,18,21-23H,6-7,9-10,12-17,19H2,1-5H3/t21-,22-,23+/m0/s1. The van der Waals surface area contributed by atoms with Gasteiger partial charge in [0.25, 0.3) is 0 Å². The Hall–Kier alpha value is -1.26. The lowest BCUT2D eigenvalue weighted by Gasteiger charge is -2.60. The van der Waals surface area contributed by atoms with Gasteiger partial charge < -0.3 is 19.1 Å². The average molecular weight is 418 g/mol. The molecule has 1 aromatic rings. The topological polar surface area (TPSA) is 30.9 Å². The number of hydrogen-bond acceptors (Lipinski definition) is 4. The maximum atomic E-state index is 5.98. The molecule has 3 saturated carbocycles. The van der Waals surface area contributed by atoms with Gasteiger partial charge in [-0.25, -0.2) is 0 Å².